The summed E-state index contributed by atoms with van der Waals surface area (Å²) >= 11 is 0. The van der Waals surface area contributed by atoms with E-state index in [2.05, 4.69) is 19.5 Å². The Hall–Kier alpha value is -3.73. The number of benzene rings is 1. The van der Waals surface area contributed by atoms with Crippen molar-refractivity contribution in [3.05, 3.63) is 64.7 Å². The number of halogens is 7. The van der Waals surface area contributed by atoms with E-state index in [0.717, 1.165) is 25.3 Å². The molecule has 192 valence electrons. The maximum atomic E-state index is 14.9. The number of aliphatic imine (C=N–C) groups is 1. The average Bonchev–Trinajstić information content (AvgIpc) is 2.78. The van der Waals surface area contributed by atoms with Gasteiger partial charge in [-0.15, -0.1) is 0 Å². The fraction of sp³-hybridized carbons (Fsp3) is 0.364. The molecule has 0 saturated heterocycles. The Morgan fingerprint density at radius 3 is 2.47 bits per heavy atom. The molecule has 3 atom stereocenters. The molecule has 2 heterocycles. The summed E-state index contributed by atoms with van der Waals surface area (Å²) in [6, 6.07) is 6.42. The lowest BCUT2D eigenvalue weighted by molar-refractivity contribution is -0.266. The third kappa shape index (κ3) is 5.91. The van der Waals surface area contributed by atoms with E-state index >= 15 is 0 Å². The van der Waals surface area contributed by atoms with E-state index in [4.69, 9.17) is 11.0 Å². The first kappa shape index (κ1) is 26.9. The van der Waals surface area contributed by atoms with Gasteiger partial charge in [-0.1, -0.05) is 6.07 Å². The summed E-state index contributed by atoms with van der Waals surface area (Å²) in [6.07, 6.45) is -15.0. The number of carbonyl (C=O) groups excluding carboxylic acids is 1. The topological polar surface area (TPSA) is 111 Å². The largest absolute Gasteiger partial charge is 0.449 e. The van der Waals surface area contributed by atoms with Gasteiger partial charge in [0.25, 0.3) is 6.02 Å². The van der Waals surface area contributed by atoms with Crippen LogP contribution in [0.2, 0.25) is 0 Å². The van der Waals surface area contributed by atoms with E-state index in [-0.39, 0.29) is 16.8 Å². The monoisotopic (exact) mass is 518 g/mol. The fourth-order valence-electron chi connectivity index (χ4n) is 3.66. The van der Waals surface area contributed by atoms with Gasteiger partial charge in [-0.05, 0) is 36.8 Å². The van der Waals surface area contributed by atoms with Crippen LogP contribution in [0.3, 0.4) is 0 Å². The van der Waals surface area contributed by atoms with E-state index in [9.17, 15) is 35.5 Å². The molecule has 1 aromatic carbocycles. The first-order valence-electron chi connectivity index (χ1n) is 10.1. The second-order valence-corrected chi connectivity index (χ2v) is 7.98. The Balaban J connectivity index is 2.02. The van der Waals surface area contributed by atoms with Crippen molar-refractivity contribution in [1.29, 1.82) is 5.26 Å². The van der Waals surface area contributed by atoms with Gasteiger partial charge in [0, 0.05) is 18.2 Å². The van der Waals surface area contributed by atoms with E-state index in [1.165, 1.54) is 18.2 Å². The summed E-state index contributed by atoms with van der Waals surface area (Å²) in [6.45, 7) is -1.17. The number of hydrogen-bond acceptors (Lipinski definition) is 7. The molecule has 1 aromatic heterocycles. The molecule has 3 rings (SSSR count). The molecule has 1 aliphatic rings. The Morgan fingerprint density at radius 1 is 1.22 bits per heavy atom. The van der Waals surface area contributed by atoms with Crippen LogP contribution in [0.25, 0.3) is 0 Å². The minimum atomic E-state index is -5.25. The molecule has 0 radical (unpaired) electrons. The van der Waals surface area contributed by atoms with Crippen molar-refractivity contribution in [2.24, 2.45) is 10.7 Å². The number of alkyl halides is 6. The van der Waals surface area contributed by atoms with Crippen LogP contribution in [-0.2, 0) is 21.4 Å². The first-order valence-corrected chi connectivity index (χ1v) is 10.1. The molecule has 0 aliphatic carbocycles. The minimum absolute atomic E-state index is 0.0389. The molecular formula is C22H17F7N4O3. The SMILES string of the molecule is C[C@]1(c2cc(CC(=O)c3ccc(C#N)cn3)ccc2F)N=C(N)O[C@H](C(F)(F)F)[C@@H]1OCC(F)(F)F. The van der Waals surface area contributed by atoms with Crippen LogP contribution >= 0.6 is 0 Å². The Labute approximate surface area is 199 Å². The normalized spacial score (nSPS) is 22.4. The maximum Gasteiger partial charge on any atom is 0.428 e. The van der Waals surface area contributed by atoms with Crippen molar-refractivity contribution >= 4 is 11.8 Å². The van der Waals surface area contributed by atoms with Crippen LogP contribution in [0.4, 0.5) is 30.7 Å². The lowest BCUT2D eigenvalue weighted by Gasteiger charge is -2.43. The van der Waals surface area contributed by atoms with E-state index in [0.29, 0.717) is 0 Å². The molecular weight excluding hydrogens is 501 g/mol. The standard InChI is InChI=1S/C22H17F7N4O3/c1-20(17(35-10-21(24,25)26)18(22(27,28)29)36-19(31)33-20)13-6-11(2-4-14(13)23)7-16(34)15-5-3-12(8-30)9-32-15/h2-6,9,17-18H,7,10H2,1H3,(H2,31,33)/t17-,18-,20+/m0/s1. The molecule has 0 spiro atoms. The number of Topliss-reactive ketones (excluding diaryl/α,β-unsaturated/α-hetero) is 1. The average molecular weight is 518 g/mol. The van der Waals surface area contributed by atoms with Gasteiger partial charge >= 0.3 is 12.4 Å². The molecule has 0 saturated carbocycles. The molecule has 1 aliphatic heterocycles. The summed E-state index contributed by atoms with van der Waals surface area (Å²) in [5.74, 6) is -1.69. The van der Waals surface area contributed by atoms with Gasteiger partial charge < -0.3 is 15.2 Å². The van der Waals surface area contributed by atoms with Gasteiger partial charge in [0.1, 0.15) is 35.8 Å². The number of ketones is 1. The van der Waals surface area contributed by atoms with Crippen molar-refractivity contribution < 1.29 is 45.0 Å². The van der Waals surface area contributed by atoms with Crippen molar-refractivity contribution in [2.75, 3.05) is 6.61 Å². The zero-order valence-electron chi connectivity index (χ0n) is 18.3. The second-order valence-electron chi connectivity index (χ2n) is 7.98. The number of nitrogens with zero attached hydrogens (tertiary/aromatic N) is 3. The van der Waals surface area contributed by atoms with E-state index < -0.39 is 66.3 Å². The zero-order chi connectivity index (χ0) is 26.9. The first-order chi connectivity index (χ1) is 16.6. The van der Waals surface area contributed by atoms with Gasteiger partial charge in [0.05, 0.1) is 5.56 Å². The number of ether oxygens (including phenoxy) is 2. The number of hydrogen-bond donors (Lipinski definition) is 1. The number of amidine groups is 1. The summed E-state index contributed by atoms with van der Waals surface area (Å²) in [4.78, 5) is 20.1. The molecule has 0 bridgehead atoms. The summed E-state index contributed by atoms with van der Waals surface area (Å²) in [5.41, 5.74) is 2.64. The van der Waals surface area contributed by atoms with Gasteiger partial charge in [0.2, 0.25) is 6.10 Å². The number of carbonyl (C=O) groups is 1. The van der Waals surface area contributed by atoms with Gasteiger partial charge in [-0.3, -0.25) is 9.78 Å². The lowest BCUT2D eigenvalue weighted by atomic mass is 9.81. The van der Waals surface area contributed by atoms with Crippen molar-refractivity contribution in [3.8, 4) is 6.07 Å². The van der Waals surface area contributed by atoms with Gasteiger partial charge in [0.15, 0.2) is 5.78 Å². The van der Waals surface area contributed by atoms with Crippen LogP contribution in [0.1, 0.15) is 34.1 Å². The van der Waals surface area contributed by atoms with Gasteiger partial charge in [-0.25, -0.2) is 9.38 Å². The third-order valence-electron chi connectivity index (χ3n) is 5.29. The quantitative estimate of drug-likeness (QED) is 0.458. The highest BCUT2D eigenvalue weighted by Gasteiger charge is 2.59. The minimum Gasteiger partial charge on any atom is -0.449 e. The molecule has 36 heavy (non-hydrogen) atoms. The second kappa shape index (κ2) is 9.73. The van der Waals surface area contributed by atoms with Crippen LogP contribution in [0.5, 0.6) is 0 Å². The molecule has 0 fully saturated rings. The predicted octanol–water partition coefficient (Wildman–Crippen LogP) is 3.96. The highest BCUT2D eigenvalue weighted by molar-refractivity contribution is 5.95. The Kier molecular flexibility index (Phi) is 7.26. The fourth-order valence-corrected chi connectivity index (χ4v) is 3.66. The van der Waals surface area contributed by atoms with E-state index in [1.807, 2.05) is 6.07 Å². The predicted molar refractivity (Wildman–Crippen MR) is 109 cm³/mol. The maximum absolute atomic E-state index is 14.9. The smallest absolute Gasteiger partial charge is 0.428 e. The summed E-state index contributed by atoms with van der Waals surface area (Å²) in [5, 5.41) is 8.82. The molecule has 2 N–H and O–H groups in total. The highest BCUT2D eigenvalue weighted by Crippen LogP contribution is 2.43. The van der Waals surface area contributed by atoms with Crippen LogP contribution in [-0.4, -0.2) is 48.0 Å². The number of pyridine rings is 1. The van der Waals surface area contributed by atoms with Crippen LogP contribution in [0, 0.1) is 17.1 Å². The number of nitrogens with two attached hydrogens (primary N) is 1. The number of nitriles is 1. The number of aromatic nitrogens is 1. The van der Waals surface area contributed by atoms with Crippen molar-refractivity contribution in [1.82, 2.24) is 4.98 Å². The molecule has 7 nitrogen and oxygen atoms in total. The molecule has 0 amide bonds. The van der Waals surface area contributed by atoms with Gasteiger partial charge in [-0.2, -0.15) is 31.6 Å². The summed E-state index contributed by atoms with van der Waals surface area (Å²) < 4.78 is 103. The Bertz CT molecular complexity index is 1210. The van der Waals surface area contributed by atoms with Crippen molar-refractivity contribution in [3.63, 3.8) is 0 Å². The van der Waals surface area contributed by atoms with Crippen LogP contribution < -0.4 is 5.73 Å². The molecule has 2 aromatic rings. The number of rotatable bonds is 6. The lowest BCUT2D eigenvalue weighted by Crippen LogP contribution is -2.58. The Morgan fingerprint density at radius 2 is 1.92 bits per heavy atom. The molecule has 0 unspecified atom stereocenters. The third-order valence-corrected chi connectivity index (χ3v) is 5.29. The highest BCUT2D eigenvalue weighted by atomic mass is 19.4. The van der Waals surface area contributed by atoms with Crippen molar-refractivity contribution in [2.45, 2.75) is 43.4 Å². The zero-order valence-corrected chi connectivity index (χ0v) is 18.3. The van der Waals surface area contributed by atoms with E-state index in [1.54, 1.807) is 0 Å². The summed E-state index contributed by atoms with van der Waals surface area (Å²) in [7, 11) is 0. The molecule has 14 heteroatoms. The van der Waals surface area contributed by atoms with Crippen LogP contribution in [0.15, 0.2) is 41.5 Å².